The summed E-state index contributed by atoms with van der Waals surface area (Å²) in [7, 11) is -4.62. The highest BCUT2D eigenvalue weighted by Gasteiger charge is 2.12. The van der Waals surface area contributed by atoms with E-state index in [0.29, 0.717) is 22.7 Å². The first kappa shape index (κ1) is 20.8. The zero-order valence-corrected chi connectivity index (χ0v) is 17.0. The van der Waals surface area contributed by atoms with E-state index in [1.54, 1.807) is 24.3 Å². The number of nitrogens with one attached hydrogen (secondary N) is 1. The molecule has 1 atom stereocenters. The molecular weight excluding hydrogens is 390 g/mol. The Kier molecular flexibility index (Phi) is 6.20. The lowest BCUT2D eigenvalue weighted by molar-refractivity contribution is -0.118. The van der Waals surface area contributed by atoms with Crippen molar-refractivity contribution in [2.45, 2.75) is 31.1 Å². The summed E-state index contributed by atoms with van der Waals surface area (Å²) in [4.78, 5) is 12.1. The molecule has 6 nitrogen and oxygen atoms in total. The molecule has 0 saturated carbocycles. The zero-order chi connectivity index (χ0) is 21.0. The van der Waals surface area contributed by atoms with Crippen molar-refractivity contribution in [3.63, 3.8) is 0 Å². The minimum Gasteiger partial charge on any atom is -0.744 e. The number of amides is 1. The van der Waals surface area contributed by atoms with Gasteiger partial charge in [0.1, 0.15) is 15.9 Å². The number of benzene rings is 3. The molecule has 0 aromatic heterocycles. The van der Waals surface area contributed by atoms with Crippen LogP contribution in [-0.4, -0.2) is 25.5 Å². The van der Waals surface area contributed by atoms with Crippen molar-refractivity contribution in [2.75, 3.05) is 11.9 Å². The molecule has 3 aromatic rings. The molecule has 0 aliphatic rings. The van der Waals surface area contributed by atoms with E-state index in [2.05, 4.69) is 19.2 Å². The predicted molar refractivity (Wildman–Crippen MR) is 111 cm³/mol. The van der Waals surface area contributed by atoms with Crippen molar-refractivity contribution in [1.29, 1.82) is 0 Å². The quantitative estimate of drug-likeness (QED) is 0.585. The summed E-state index contributed by atoms with van der Waals surface area (Å²) >= 11 is 0. The molecule has 29 heavy (non-hydrogen) atoms. The van der Waals surface area contributed by atoms with Gasteiger partial charge >= 0.3 is 0 Å². The molecule has 1 unspecified atom stereocenters. The fourth-order valence-corrected chi connectivity index (χ4v) is 3.78. The van der Waals surface area contributed by atoms with E-state index in [0.717, 1.165) is 12.0 Å². The van der Waals surface area contributed by atoms with E-state index < -0.39 is 10.1 Å². The number of hydrogen-bond acceptors (Lipinski definition) is 5. The first-order valence-corrected chi connectivity index (χ1v) is 10.7. The highest BCUT2D eigenvalue weighted by Crippen LogP contribution is 2.29. The second-order valence-electron chi connectivity index (χ2n) is 6.83. The molecule has 0 aliphatic heterocycles. The van der Waals surface area contributed by atoms with Gasteiger partial charge in [0.2, 0.25) is 0 Å². The van der Waals surface area contributed by atoms with Crippen LogP contribution in [0.2, 0.25) is 0 Å². The minimum absolute atomic E-state index is 0.195. The third kappa shape index (κ3) is 4.93. The summed E-state index contributed by atoms with van der Waals surface area (Å²) in [6.07, 6.45) is 1.01. The summed E-state index contributed by atoms with van der Waals surface area (Å²) in [5, 5.41) is 3.46. The Morgan fingerprint density at radius 2 is 1.76 bits per heavy atom. The van der Waals surface area contributed by atoms with E-state index in [4.69, 9.17) is 4.74 Å². The Balaban J connectivity index is 1.76. The lowest BCUT2D eigenvalue weighted by Crippen LogP contribution is -2.20. The van der Waals surface area contributed by atoms with E-state index in [1.165, 1.54) is 18.2 Å². The molecule has 3 rings (SSSR count). The normalized spacial score (nSPS) is 12.5. The highest BCUT2D eigenvalue weighted by atomic mass is 32.2. The summed E-state index contributed by atoms with van der Waals surface area (Å²) < 4.78 is 40.0. The molecule has 0 aliphatic carbocycles. The molecule has 0 saturated heterocycles. The molecule has 3 aromatic carbocycles. The van der Waals surface area contributed by atoms with Crippen LogP contribution < -0.4 is 10.1 Å². The number of anilines is 1. The van der Waals surface area contributed by atoms with Gasteiger partial charge in [-0.25, -0.2) is 8.42 Å². The maximum Gasteiger partial charge on any atom is 0.262 e. The number of carbonyl (C=O) groups excluding carboxylic acids is 1. The first-order valence-electron chi connectivity index (χ1n) is 9.30. The molecule has 1 amide bonds. The summed E-state index contributed by atoms with van der Waals surface area (Å²) in [6, 6.07) is 16.8. The van der Waals surface area contributed by atoms with Gasteiger partial charge in [-0.1, -0.05) is 50.2 Å². The van der Waals surface area contributed by atoms with Gasteiger partial charge in [-0.3, -0.25) is 4.79 Å². The monoisotopic (exact) mass is 412 g/mol. The Bertz CT molecular complexity index is 1140. The standard InChI is InChI=1S/C22H23NO5S/c1-3-15(2)16-7-4-8-17(13-16)28-14-22(24)23-20-11-5-10-19-18(20)9-6-12-21(19)29(25,26)27/h4-13,15H,3,14H2,1-2H3,(H,23,24)(H,25,26,27)/p-1. The number of hydrogen-bond donors (Lipinski definition) is 1. The second kappa shape index (κ2) is 8.63. The van der Waals surface area contributed by atoms with Crippen molar-refractivity contribution in [3.8, 4) is 5.75 Å². The van der Waals surface area contributed by atoms with Crippen molar-refractivity contribution < 1.29 is 22.5 Å². The van der Waals surface area contributed by atoms with E-state index >= 15 is 0 Å². The first-order chi connectivity index (χ1) is 13.8. The number of carbonyl (C=O) groups is 1. The van der Waals surface area contributed by atoms with Crippen LogP contribution in [0.25, 0.3) is 10.8 Å². The summed E-state index contributed by atoms with van der Waals surface area (Å²) in [5.74, 6) is 0.618. The topological polar surface area (TPSA) is 95.5 Å². The van der Waals surface area contributed by atoms with Crippen LogP contribution in [0.1, 0.15) is 31.7 Å². The molecule has 7 heteroatoms. The molecule has 0 radical (unpaired) electrons. The van der Waals surface area contributed by atoms with Crippen LogP contribution in [0.5, 0.6) is 5.75 Å². The highest BCUT2D eigenvalue weighted by molar-refractivity contribution is 7.86. The lowest BCUT2D eigenvalue weighted by Gasteiger charge is -2.14. The van der Waals surface area contributed by atoms with Crippen molar-refractivity contribution in [3.05, 3.63) is 66.2 Å². The van der Waals surface area contributed by atoms with Gasteiger partial charge in [-0.05, 0) is 42.2 Å². The fourth-order valence-electron chi connectivity index (χ4n) is 3.09. The van der Waals surface area contributed by atoms with Crippen molar-refractivity contribution in [2.24, 2.45) is 0 Å². The Labute approximate surface area is 170 Å². The number of ether oxygens (including phenoxy) is 1. The number of rotatable bonds is 7. The van der Waals surface area contributed by atoms with Crippen LogP contribution in [-0.2, 0) is 14.9 Å². The maximum absolute atomic E-state index is 12.4. The zero-order valence-electron chi connectivity index (χ0n) is 16.2. The average molecular weight is 412 g/mol. The third-order valence-corrected chi connectivity index (χ3v) is 5.73. The van der Waals surface area contributed by atoms with Crippen LogP contribution >= 0.6 is 0 Å². The second-order valence-corrected chi connectivity index (χ2v) is 8.18. The van der Waals surface area contributed by atoms with Gasteiger partial charge in [0.15, 0.2) is 6.61 Å². The maximum atomic E-state index is 12.4. The lowest BCUT2D eigenvalue weighted by atomic mass is 9.99. The van der Waals surface area contributed by atoms with Gasteiger partial charge in [0.05, 0.1) is 4.90 Å². The van der Waals surface area contributed by atoms with Gasteiger partial charge in [-0.15, -0.1) is 0 Å². The van der Waals surface area contributed by atoms with Gasteiger partial charge in [-0.2, -0.15) is 0 Å². The Hall–Kier alpha value is -2.90. The minimum atomic E-state index is -4.62. The van der Waals surface area contributed by atoms with Crippen LogP contribution in [0.15, 0.2) is 65.6 Å². The molecule has 0 fully saturated rings. The molecular formula is C22H22NO5S-. The van der Waals surface area contributed by atoms with Crippen molar-refractivity contribution >= 4 is 32.5 Å². The van der Waals surface area contributed by atoms with Crippen LogP contribution in [0.3, 0.4) is 0 Å². The molecule has 0 spiro atoms. The van der Waals surface area contributed by atoms with Crippen LogP contribution in [0, 0.1) is 0 Å². The van der Waals surface area contributed by atoms with Gasteiger partial charge < -0.3 is 14.6 Å². The smallest absolute Gasteiger partial charge is 0.262 e. The molecule has 0 heterocycles. The van der Waals surface area contributed by atoms with Gasteiger partial charge in [0.25, 0.3) is 5.91 Å². The van der Waals surface area contributed by atoms with E-state index in [1.807, 2.05) is 18.2 Å². The number of fused-ring (bicyclic) bond motifs is 1. The molecule has 1 N–H and O–H groups in total. The van der Waals surface area contributed by atoms with E-state index in [9.17, 15) is 17.8 Å². The van der Waals surface area contributed by atoms with Crippen molar-refractivity contribution in [1.82, 2.24) is 0 Å². The van der Waals surface area contributed by atoms with E-state index in [-0.39, 0.29) is 22.8 Å². The average Bonchev–Trinajstić information content (AvgIpc) is 2.71. The van der Waals surface area contributed by atoms with Crippen LogP contribution in [0.4, 0.5) is 5.69 Å². The fraction of sp³-hybridized carbons (Fsp3) is 0.227. The summed E-state index contributed by atoms with van der Waals surface area (Å²) in [6.45, 7) is 4.04. The summed E-state index contributed by atoms with van der Waals surface area (Å²) in [5.41, 5.74) is 1.56. The SMILES string of the molecule is CCC(C)c1cccc(OCC(=O)Nc2cccc3c(S(=O)(=O)[O-])cccc23)c1. The predicted octanol–water partition coefficient (Wildman–Crippen LogP) is 4.27. The largest absolute Gasteiger partial charge is 0.744 e. The molecule has 0 bridgehead atoms. The molecule has 152 valence electrons. The third-order valence-electron chi connectivity index (χ3n) is 4.83. The Morgan fingerprint density at radius 1 is 1.07 bits per heavy atom. The Morgan fingerprint density at radius 3 is 2.48 bits per heavy atom. The van der Waals surface area contributed by atoms with Gasteiger partial charge in [0, 0.05) is 16.5 Å².